The zero-order valence-electron chi connectivity index (χ0n) is 16.2. The van der Waals surface area contributed by atoms with Gasteiger partial charge in [0.05, 0.1) is 17.5 Å². The number of nitrogens with zero attached hydrogens (tertiary/aromatic N) is 2. The molecule has 1 heterocycles. The summed E-state index contributed by atoms with van der Waals surface area (Å²) in [6.45, 7) is 3.27. The van der Waals surface area contributed by atoms with Crippen molar-refractivity contribution in [1.82, 2.24) is 9.78 Å². The van der Waals surface area contributed by atoms with E-state index in [9.17, 15) is 14.4 Å². The van der Waals surface area contributed by atoms with E-state index in [1.54, 1.807) is 49.4 Å². The van der Waals surface area contributed by atoms with Gasteiger partial charge in [-0.15, -0.1) is 0 Å². The molecular formula is C21H20ClN3O4. The Kier molecular flexibility index (Phi) is 5.98. The van der Waals surface area contributed by atoms with Crippen molar-refractivity contribution < 1.29 is 14.3 Å². The van der Waals surface area contributed by atoms with Crippen LogP contribution >= 0.6 is 11.6 Å². The molecule has 0 aliphatic carbocycles. The Morgan fingerprint density at radius 3 is 2.59 bits per heavy atom. The summed E-state index contributed by atoms with van der Waals surface area (Å²) in [4.78, 5) is 37.0. The number of nitrogens with one attached hydrogen (secondary N) is 1. The van der Waals surface area contributed by atoms with Crippen LogP contribution in [0, 0.1) is 6.92 Å². The van der Waals surface area contributed by atoms with Crippen molar-refractivity contribution in [2.45, 2.75) is 26.4 Å². The van der Waals surface area contributed by atoms with Gasteiger partial charge in [0.15, 0.2) is 6.10 Å². The molecule has 0 unspecified atom stereocenters. The monoisotopic (exact) mass is 413 g/mol. The van der Waals surface area contributed by atoms with E-state index in [4.69, 9.17) is 16.3 Å². The molecule has 0 saturated heterocycles. The number of halogens is 1. The molecule has 29 heavy (non-hydrogen) atoms. The SMILES string of the molecule is Cc1c(Cl)cccc1NC(=O)[C@@H](C)OC(=O)Cc1nn(C)c(=O)c2ccccc12. The molecule has 1 aromatic heterocycles. The first-order chi connectivity index (χ1) is 13.8. The fourth-order valence-corrected chi connectivity index (χ4v) is 3.09. The third kappa shape index (κ3) is 4.46. The van der Waals surface area contributed by atoms with E-state index < -0.39 is 18.0 Å². The summed E-state index contributed by atoms with van der Waals surface area (Å²) in [7, 11) is 1.52. The lowest BCUT2D eigenvalue weighted by Crippen LogP contribution is -2.31. The molecule has 0 fully saturated rings. The standard InChI is InChI=1S/C21H20ClN3O4/c1-12-16(22)9-6-10-17(12)23-20(27)13(2)29-19(26)11-18-14-7-4-5-8-15(14)21(28)25(3)24-18/h4-10,13H,11H2,1-3H3,(H,23,27)/t13-/m1/s1. The molecule has 0 saturated carbocycles. The van der Waals surface area contributed by atoms with Crippen molar-refractivity contribution >= 4 is 39.9 Å². The quantitative estimate of drug-likeness (QED) is 0.649. The largest absolute Gasteiger partial charge is 0.452 e. The van der Waals surface area contributed by atoms with Crippen LogP contribution in [0.15, 0.2) is 47.3 Å². The summed E-state index contributed by atoms with van der Waals surface area (Å²) in [5, 5.41) is 8.45. The number of aryl methyl sites for hydroxylation is 1. The molecule has 0 spiro atoms. The van der Waals surface area contributed by atoms with E-state index in [2.05, 4.69) is 10.4 Å². The zero-order valence-corrected chi connectivity index (χ0v) is 17.0. The Morgan fingerprint density at radius 1 is 1.17 bits per heavy atom. The lowest BCUT2D eigenvalue weighted by molar-refractivity contribution is -0.152. The van der Waals surface area contributed by atoms with Crippen LogP contribution in [0.3, 0.4) is 0 Å². The van der Waals surface area contributed by atoms with Gasteiger partial charge >= 0.3 is 5.97 Å². The van der Waals surface area contributed by atoms with E-state index in [-0.39, 0.29) is 12.0 Å². The smallest absolute Gasteiger partial charge is 0.312 e. The lowest BCUT2D eigenvalue weighted by atomic mass is 10.1. The number of carbonyl (C=O) groups excluding carboxylic acids is 2. The number of amides is 1. The highest BCUT2D eigenvalue weighted by atomic mass is 35.5. The minimum atomic E-state index is -1.01. The normalized spacial score (nSPS) is 11.9. The number of fused-ring (bicyclic) bond motifs is 1. The number of esters is 1. The number of anilines is 1. The van der Waals surface area contributed by atoms with Crippen molar-refractivity contribution in [2.75, 3.05) is 5.32 Å². The number of carbonyl (C=O) groups is 2. The Bertz CT molecular complexity index is 1160. The van der Waals surface area contributed by atoms with Gasteiger partial charge in [-0.3, -0.25) is 14.4 Å². The molecule has 0 aliphatic rings. The van der Waals surface area contributed by atoms with Gasteiger partial charge in [0.25, 0.3) is 11.5 Å². The van der Waals surface area contributed by atoms with Crippen LogP contribution < -0.4 is 10.9 Å². The molecule has 3 rings (SSSR count). The number of hydrogen-bond donors (Lipinski definition) is 1. The van der Waals surface area contributed by atoms with Crippen LogP contribution in [0.1, 0.15) is 18.2 Å². The van der Waals surface area contributed by atoms with Crippen LogP contribution in [0.4, 0.5) is 5.69 Å². The van der Waals surface area contributed by atoms with Gasteiger partial charge in [-0.1, -0.05) is 35.9 Å². The summed E-state index contributed by atoms with van der Waals surface area (Å²) in [6, 6.07) is 12.1. The van der Waals surface area contributed by atoms with Gasteiger partial charge in [-0.2, -0.15) is 5.10 Å². The van der Waals surface area contributed by atoms with E-state index in [0.717, 1.165) is 5.56 Å². The van der Waals surface area contributed by atoms with E-state index in [0.29, 0.717) is 27.2 Å². The highest BCUT2D eigenvalue weighted by Gasteiger charge is 2.20. The van der Waals surface area contributed by atoms with E-state index in [1.165, 1.54) is 18.7 Å². The van der Waals surface area contributed by atoms with Gasteiger partial charge in [0, 0.05) is 23.1 Å². The molecule has 1 N–H and O–H groups in total. The molecule has 0 radical (unpaired) electrons. The molecule has 8 heteroatoms. The second-order valence-corrected chi connectivity index (χ2v) is 7.04. The first kappa shape index (κ1) is 20.5. The maximum absolute atomic E-state index is 12.4. The highest BCUT2D eigenvalue weighted by molar-refractivity contribution is 6.31. The molecular weight excluding hydrogens is 394 g/mol. The second-order valence-electron chi connectivity index (χ2n) is 6.63. The summed E-state index contributed by atoms with van der Waals surface area (Å²) in [5.41, 5.74) is 1.44. The minimum Gasteiger partial charge on any atom is -0.452 e. The summed E-state index contributed by atoms with van der Waals surface area (Å²) in [6.07, 6.45) is -1.18. The summed E-state index contributed by atoms with van der Waals surface area (Å²) < 4.78 is 6.45. The van der Waals surface area contributed by atoms with E-state index >= 15 is 0 Å². The van der Waals surface area contributed by atoms with Gasteiger partial charge in [-0.05, 0) is 37.6 Å². The van der Waals surface area contributed by atoms with Crippen LogP contribution in [-0.4, -0.2) is 27.8 Å². The highest BCUT2D eigenvalue weighted by Crippen LogP contribution is 2.23. The molecule has 150 valence electrons. The van der Waals surface area contributed by atoms with Crippen molar-refractivity contribution in [3.8, 4) is 0 Å². The van der Waals surface area contributed by atoms with Crippen molar-refractivity contribution in [3.05, 3.63) is 69.1 Å². The fourth-order valence-electron chi connectivity index (χ4n) is 2.91. The van der Waals surface area contributed by atoms with Crippen LogP contribution in [0.2, 0.25) is 5.02 Å². The first-order valence-electron chi connectivity index (χ1n) is 8.98. The molecule has 3 aromatic rings. The van der Waals surface area contributed by atoms with Gasteiger partial charge < -0.3 is 10.1 Å². The minimum absolute atomic E-state index is 0.164. The summed E-state index contributed by atoms with van der Waals surface area (Å²) in [5.74, 6) is -1.09. The average molecular weight is 414 g/mol. The van der Waals surface area contributed by atoms with Crippen molar-refractivity contribution in [3.63, 3.8) is 0 Å². The Morgan fingerprint density at radius 2 is 1.86 bits per heavy atom. The first-order valence-corrected chi connectivity index (χ1v) is 9.36. The maximum Gasteiger partial charge on any atom is 0.312 e. The molecule has 7 nitrogen and oxygen atoms in total. The van der Waals surface area contributed by atoms with Gasteiger partial charge in [-0.25, -0.2) is 4.68 Å². The molecule has 0 bridgehead atoms. The average Bonchev–Trinajstić information content (AvgIpc) is 2.69. The molecule has 1 atom stereocenters. The zero-order chi connectivity index (χ0) is 21.1. The summed E-state index contributed by atoms with van der Waals surface area (Å²) >= 11 is 6.06. The molecule has 2 aromatic carbocycles. The molecule has 1 amide bonds. The maximum atomic E-state index is 12.4. The van der Waals surface area contributed by atoms with Crippen LogP contribution in [-0.2, 0) is 27.8 Å². The van der Waals surface area contributed by atoms with Crippen LogP contribution in [0.25, 0.3) is 10.8 Å². The van der Waals surface area contributed by atoms with Crippen molar-refractivity contribution in [1.29, 1.82) is 0 Å². The Balaban J connectivity index is 1.72. The Hall–Kier alpha value is -3.19. The number of ether oxygens (including phenoxy) is 1. The third-order valence-corrected chi connectivity index (χ3v) is 4.96. The number of hydrogen-bond acceptors (Lipinski definition) is 5. The van der Waals surface area contributed by atoms with Gasteiger partial charge in [0.1, 0.15) is 0 Å². The van der Waals surface area contributed by atoms with E-state index in [1.807, 2.05) is 0 Å². The Labute approximate surface area is 172 Å². The third-order valence-electron chi connectivity index (χ3n) is 4.55. The number of rotatable bonds is 5. The number of aromatic nitrogens is 2. The lowest BCUT2D eigenvalue weighted by Gasteiger charge is -2.15. The fraction of sp³-hybridized carbons (Fsp3) is 0.238. The topological polar surface area (TPSA) is 90.3 Å². The van der Waals surface area contributed by atoms with Gasteiger partial charge in [0.2, 0.25) is 0 Å². The predicted octanol–water partition coefficient (Wildman–Crippen LogP) is 3.01. The number of benzene rings is 2. The molecule has 0 aliphatic heterocycles. The van der Waals surface area contributed by atoms with Crippen molar-refractivity contribution in [2.24, 2.45) is 7.05 Å². The van der Waals surface area contributed by atoms with Crippen LogP contribution in [0.5, 0.6) is 0 Å². The second kappa shape index (κ2) is 8.45. The predicted molar refractivity (Wildman–Crippen MR) is 111 cm³/mol.